The maximum absolute atomic E-state index is 13.4. The van der Waals surface area contributed by atoms with Crippen LogP contribution in [0.1, 0.15) is 45.4 Å². The summed E-state index contributed by atoms with van der Waals surface area (Å²) in [6.45, 7) is 0.512. The number of benzene rings is 4. The van der Waals surface area contributed by atoms with Gasteiger partial charge in [-0.25, -0.2) is 0 Å². The quantitative estimate of drug-likeness (QED) is 0.289. The van der Waals surface area contributed by atoms with E-state index in [0.29, 0.717) is 18.1 Å². The Morgan fingerprint density at radius 3 is 2.39 bits per heavy atom. The number of anilines is 2. The van der Waals surface area contributed by atoms with Crippen LogP contribution in [0.15, 0.2) is 115 Å². The van der Waals surface area contributed by atoms with Crippen molar-refractivity contribution < 1.29 is 9.53 Å². The first-order valence-electron chi connectivity index (χ1n) is 12.5. The van der Waals surface area contributed by atoms with Crippen LogP contribution in [0.25, 0.3) is 0 Å². The summed E-state index contributed by atoms with van der Waals surface area (Å²) in [5.74, 6) is 1.36. The lowest BCUT2D eigenvalue weighted by atomic mass is 9.76. The Hall–Kier alpha value is -4.31. The zero-order valence-electron chi connectivity index (χ0n) is 19.9. The molecule has 0 saturated heterocycles. The summed E-state index contributed by atoms with van der Waals surface area (Å²) in [4.78, 5) is 13.4. The molecule has 36 heavy (non-hydrogen) atoms. The molecule has 0 fully saturated rings. The van der Waals surface area contributed by atoms with E-state index in [-0.39, 0.29) is 17.9 Å². The number of fused-ring (bicyclic) bond motifs is 3. The molecular weight excluding hydrogens is 444 g/mol. The van der Waals surface area contributed by atoms with Gasteiger partial charge in [-0.2, -0.15) is 0 Å². The van der Waals surface area contributed by atoms with Crippen LogP contribution >= 0.6 is 0 Å². The topological polar surface area (TPSA) is 50.4 Å². The van der Waals surface area contributed by atoms with Crippen molar-refractivity contribution in [1.82, 2.24) is 0 Å². The molecule has 3 atom stereocenters. The Morgan fingerprint density at radius 2 is 1.56 bits per heavy atom. The molecule has 4 nitrogen and oxygen atoms in total. The number of ether oxygens (including phenoxy) is 1. The Bertz CT molecular complexity index is 1400. The predicted octanol–water partition coefficient (Wildman–Crippen LogP) is 7.34. The maximum atomic E-state index is 13.4. The molecule has 2 aliphatic rings. The minimum Gasteiger partial charge on any atom is -0.489 e. The van der Waals surface area contributed by atoms with Gasteiger partial charge in [0, 0.05) is 17.2 Å². The highest BCUT2D eigenvalue weighted by Gasteiger charge is 2.40. The lowest BCUT2D eigenvalue weighted by Gasteiger charge is -2.38. The molecule has 0 saturated carbocycles. The van der Waals surface area contributed by atoms with Gasteiger partial charge in [-0.1, -0.05) is 91.0 Å². The monoisotopic (exact) mass is 472 g/mol. The molecule has 4 aromatic carbocycles. The van der Waals surface area contributed by atoms with Crippen LogP contribution in [0.5, 0.6) is 5.75 Å². The number of para-hydroxylation sites is 3. The third-order valence-corrected chi connectivity index (χ3v) is 7.16. The van der Waals surface area contributed by atoms with Crippen LogP contribution in [-0.2, 0) is 6.61 Å². The Labute approximate surface area is 211 Å². The van der Waals surface area contributed by atoms with Crippen LogP contribution in [0.4, 0.5) is 11.4 Å². The predicted molar refractivity (Wildman–Crippen MR) is 144 cm³/mol. The van der Waals surface area contributed by atoms with Gasteiger partial charge in [0.05, 0.1) is 17.3 Å². The SMILES string of the molecule is O=C(Nc1ccccc1)c1cccc2c1NC(c1ccccc1OCc1ccccc1)C1CC=CC21. The van der Waals surface area contributed by atoms with Crippen molar-refractivity contribution >= 4 is 17.3 Å². The summed E-state index contributed by atoms with van der Waals surface area (Å²) in [5, 5.41) is 6.83. The van der Waals surface area contributed by atoms with Crippen LogP contribution in [0.2, 0.25) is 0 Å². The molecule has 3 unspecified atom stereocenters. The highest BCUT2D eigenvalue weighted by Crippen LogP contribution is 2.52. The van der Waals surface area contributed by atoms with Gasteiger partial charge >= 0.3 is 0 Å². The minimum atomic E-state index is -0.113. The Balaban J connectivity index is 1.34. The van der Waals surface area contributed by atoms with Crippen molar-refractivity contribution in [2.75, 3.05) is 10.6 Å². The molecule has 4 aromatic rings. The minimum absolute atomic E-state index is 0.0233. The molecule has 1 heterocycles. The van der Waals surface area contributed by atoms with Gasteiger partial charge in [-0.15, -0.1) is 0 Å². The Morgan fingerprint density at radius 1 is 0.833 bits per heavy atom. The van der Waals surface area contributed by atoms with Gasteiger partial charge in [-0.3, -0.25) is 4.79 Å². The van der Waals surface area contributed by atoms with E-state index in [1.165, 1.54) is 5.56 Å². The van der Waals surface area contributed by atoms with E-state index in [0.717, 1.165) is 34.7 Å². The second-order valence-electron chi connectivity index (χ2n) is 9.38. The average molecular weight is 473 g/mol. The molecule has 6 rings (SSSR count). The van der Waals surface area contributed by atoms with Crippen molar-refractivity contribution in [3.8, 4) is 5.75 Å². The molecule has 0 bridgehead atoms. The molecule has 0 aromatic heterocycles. The van der Waals surface area contributed by atoms with Crippen molar-refractivity contribution in [1.29, 1.82) is 0 Å². The fourth-order valence-electron chi connectivity index (χ4n) is 5.44. The van der Waals surface area contributed by atoms with Crippen molar-refractivity contribution in [2.24, 2.45) is 5.92 Å². The van der Waals surface area contributed by atoms with Gasteiger partial charge in [0.1, 0.15) is 12.4 Å². The summed E-state index contributed by atoms with van der Waals surface area (Å²) in [6, 6.07) is 34.1. The first-order chi connectivity index (χ1) is 17.8. The summed E-state index contributed by atoms with van der Waals surface area (Å²) in [7, 11) is 0. The first-order valence-corrected chi connectivity index (χ1v) is 12.5. The summed E-state index contributed by atoms with van der Waals surface area (Å²) < 4.78 is 6.33. The van der Waals surface area contributed by atoms with Gasteiger partial charge < -0.3 is 15.4 Å². The van der Waals surface area contributed by atoms with E-state index < -0.39 is 0 Å². The number of amides is 1. The van der Waals surface area contributed by atoms with E-state index >= 15 is 0 Å². The second kappa shape index (κ2) is 9.74. The van der Waals surface area contributed by atoms with Crippen molar-refractivity contribution in [3.05, 3.63) is 138 Å². The number of carbonyl (C=O) groups excluding carboxylic acids is 1. The second-order valence-corrected chi connectivity index (χ2v) is 9.38. The fraction of sp³-hybridized carbons (Fsp3) is 0.156. The molecule has 2 N–H and O–H groups in total. The zero-order chi connectivity index (χ0) is 24.3. The van der Waals surface area contributed by atoms with Crippen molar-refractivity contribution in [3.63, 3.8) is 0 Å². The molecule has 4 heteroatoms. The first kappa shape index (κ1) is 22.2. The fourth-order valence-corrected chi connectivity index (χ4v) is 5.44. The zero-order valence-corrected chi connectivity index (χ0v) is 19.9. The van der Waals surface area contributed by atoms with E-state index in [1.807, 2.05) is 72.8 Å². The number of carbonyl (C=O) groups is 1. The number of rotatable bonds is 6. The number of allylic oxidation sites excluding steroid dienone is 2. The van der Waals surface area contributed by atoms with Crippen LogP contribution in [0.3, 0.4) is 0 Å². The third-order valence-electron chi connectivity index (χ3n) is 7.16. The van der Waals surface area contributed by atoms with E-state index in [4.69, 9.17) is 4.74 Å². The lowest BCUT2D eigenvalue weighted by molar-refractivity contribution is 0.102. The van der Waals surface area contributed by atoms with E-state index in [9.17, 15) is 4.79 Å². The molecule has 0 spiro atoms. The summed E-state index contributed by atoms with van der Waals surface area (Å²) in [6.07, 6.45) is 5.54. The summed E-state index contributed by atoms with van der Waals surface area (Å²) in [5.41, 5.74) is 5.77. The van der Waals surface area contributed by atoms with Gasteiger partial charge in [0.25, 0.3) is 5.91 Å². The number of hydrogen-bond acceptors (Lipinski definition) is 3. The highest BCUT2D eigenvalue weighted by molar-refractivity contribution is 6.08. The summed E-state index contributed by atoms with van der Waals surface area (Å²) >= 11 is 0. The molecule has 1 aliphatic heterocycles. The van der Waals surface area contributed by atoms with E-state index in [1.54, 1.807) is 0 Å². The number of hydrogen-bond donors (Lipinski definition) is 2. The maximum Gasteiger partial charge on any atom is 0.257 e. The molecular formula is C32H28N2O2. The Kier molecular flexibility index (Phi) is 6.00. The van der Waals surface area contributed by atoms with Gasteiger partial charge in [0.2, 0.25) is 0 Å². The van der Waals surface area contributed by atoms with Gasteiger partial charge in [0.15, 0.2) is 0 Å². The van der Waals surface area contributed by atoms with Crippen molar-refractivity contribution in [2.45, 2.75) is 25.0 Å². The molecule has 1 amide bonds. The van der Waals surface area contributed by atoms with Crippen LogP contribution < -0.4 is 15.4 Å². The van der Waals surface area contributed by atoms with Crippen LogP contribution in [0, 0.1) is 5.92 Å². The van der Waals surface area contributed by atoms with E-state index in [2.05, 4.69) is 53.1 Å². The van der Waals surface area contributed by atoms with Crippen LogP contribution in [-0.4, -0.2) is 5.91 Å². The van der Waals surface area contributed by atoms with Gasteiger partial charge in [-0.05, 0) is 47.7 Å². The normalized spacial score (nSPS) is 19.6. The molecule has 1 aliphatic carbocycles. The third kappa shape index (κ3) is 4.27. The smallest absolute Gasteiger partial charge is 0.257 e. The molecule has 0 radical (unpaired) electrons. The number of nitrogens with one attached hydrogen (secondary N) is 2. The standard InChI is InChI=1S/C32H28N2O2/c35-32(33-23-13-5-2-6-14-23)28-19-10-18-26-24-16-9-17-25(24)30(34-31(26)28)27-15-7-8-20-29(27)36-21-22-11-3-1-4-12-22/h1-16,18-20,24-25,30,34H,17,21H2,(H,33,35). The molecule has 178 valence electrons. The lowest BCUT2D eigenvalue weighted by Crippen LogP contribution is -2.31. The highest BCUT2D eigenvalue weighted by atomic mass is 16.5. The largest absolute Gasteiger partial charge is 0.489 e. The average Bonchev–Trinajstić information content (AvgIpc) is 3.43.